The van der Waals surface area contributed by atoms with Gasteiger partial charge in [0.2, 0.25) is 5.89 Å². The van der Waals surface area contributed by atoms with E-state index in [1.165, 1.54) is 21.8 Å². The van der Waals surface area contributed by atoms with E-state index in [1.807, 2.05) is 72.9 Å². The Hall–Kier alpha value is -5.74. The molecular weight excluding hydrogens is 514 g/mol. The summed E-state index contributed by atoms with van der Waals surface area (Å²) in [7, 11) is 0. The summed E-state index contributed by atoms with van der Waals surface area (Å²) in [6.45, 7) is 0. The zero-order chi connectivity index (χ0) is 27.9. The van der Waals surface area contributed by atoms with Gasteiger partial charge in [0.05, 0.1) is 11.0 Å². The fraction of sp³-hybridized carbons (Fsp3) is 0. The average Bonchev–Trinajstić information content (AvgIpc) is 3.66. The number of pyridine rings is 1. The first kappa shape index (κ1) is 24.1. The van der Waals surface area contributed by atoms with E-state index < -0.39 is 0 Å². The molecule has 42 heavy (non-hydrogen) atoms. The average molecular weight is 540 g/mol. The van der Waals surface area contributed by atoms with Gasteiger partial charge in [0.1, 0.15) is 11.4 Å². The van der Waals surface area contributed by atoms with Crippen molar-refractivity contribution in [1.82, 2.24) is 14.5 Å². The highest BCUT2D eigenvalue weighted by molar-refractivity contribution is 6.09. The fourth-order valence-electron chi connectivity index (χ4n) is 5.70. The Bertz CT molecular complexity index is 2050. The van der Waals surface area contributed by atoms with Crippen LogP contribution in [0, 0.1) is 0 Å². The SMILES string of the molecule is c1ccc(-c2nc(-c3ccc(-c4ccc(-n5c6ccccc6c6ccccc65)cc4)cn3)oc2-c2ccccc2)cc1. The molecule has 0 bridgehead atoms. The Morgan fingerprint density at radius 1 is 0.476 bits per heavy atom. The summed E-state index contributed by atoms with van der Waals surface area (Å²) < 4.78 is 8.66. The van der Waals surface area contributed by atoms with Gasteiger partial charge >= 0.3 is 0 Å². The molecule has 0 spiro atoms. The fourth-order valence-corrected chi connectivity index (χ4v) is 5.70. The van der Waals surface area contributed by atoms with Gasteiger partial charge in [0.15, 0.2) is 5.76 Å². The largest absolute Gasteiger partial charge is 0.434 e. The number of oxazole rings is 1. The number of nitrogens with zero attached hydrogens (tertiary/aromatic N) is 3. The van der Waals surface area contributed by atoms with E-state index in [0.717, 1.165) is 39.4 Å². The van der Waals surface area contributed by atoms with Crippen LogP contribution in [0.25, 0.3) is 72.8 Å². The third kappa shape index (κ3) is 4.09. The zero-order valence-corrected chi connectivity index (χ0v) is 22.7. The van der Waals surface area contributed by atoms with Gasteiger partial charge in [0.25, 0.3) is 0 Å². The van der Waals surface area contributed by atoms with Crippen molar-refractivity contribution in [2.24, 2.45) is 0 Å². The molecule has 8 aromatic rings. The number of benzene rings is 5. The molecule has 5 aromatic carbocycles. The van der Waals surface area contributed by atoms with E-state index in [2.05, 4.69) is 83.4 Å². The molecule has 8 rings (SSSR count). The van der Waals surface area contributed by atoms with Crippen LogP contribution in [0.4, 0.5) is 0 Å². The van der Waals surface area contributed by atoms with Crippen molar-refractivity contribution in [3.05, 3.63) is 152 Å². The Morgan fingerprint density at radius 3 is 1.67 bits per heavy atom. The van der Waals surface area contributed by atoms with E-state index in [0.29, 0.717) is 11.6 Å². The third-order valence-corrected chi connectivity index (χ3v) is 7.73. The van der Waals surface area contributed by atoms with Gasteiger partial charge in [0, 0.05) is 39.3 Å². The highest BCUT2D eigenvalue weighted by Crippen LogP contribution is 2.36. The van der Waals surface area contributed by atoms with Gasteiger partial charge in [-0.25, -0.2) is 4.98 Å². The van der Waals surface area contributed by atoms with E-state index in [1.54, 1.807) is 0 Å². The normalized spacial score (nSPS) is 11.3. The van der Waals surface area contributed by atoms with Crippen molar-refractivity contribution in [2.75, 3.05) is 0 Å². The molecule has 0 saturated carbocycles. The maximum absolute atomic E-state index is 6.34. The Balaban J connectivity index is 1.13. The van der Waals surface area contributed by atoms with Crippen molar-refractivity contribution in [2.45, 2.75) is 0 Å². The summed E-state index contributed by atoms with van der Waals surface area (Å²) in [5.41, 5.74) is 9.15. The summed E-state index contributed by atoms with van der Waals surface area (Å²) >= 11 is 0. The summed E-state index contributed by atoms with van der Waals surface area (Å²) in [6.07, 6.45) is 1.89. The standard InChI is InChI=1S/C38H25N3O/c1-3-11-27(12-4-1)36-37(28-13-5-2-6-14-28)42-38(40-36)33-24-21-29(25-39-33)26-19-22-30(23-20-26)41-34-17-9-7-15-31(34)32-16-8-10-18-35(32)41/h1-25H. The Morgan fingerprint density at radius 2 is 1.05 bits per heavy atom. The third-order valence-electron chi connectivity index (χ3n) is 7.73. The summed E-state index contributed by atoms with van der Waals surface area (Å²) in [4.78, 5) is 9.65. The molecule has 3 aromatic heterocycles. The maximum Gasteiger partial charge on any atom is 0.246 e. The molecule has 0 unspecified atom stereocenters. The van der Waals surface area contributed by atoms with Crippen molar-refractivity contribution in [3.8, 4) is 51.0 Å². The van der Waals surface area contributed by atoms with Crippen LogP contribution in [0.15, 0.2) is 156 Å². The minimum absolute atomic E-state index is 0.501. The van der Waals surface area contributed by atoms with Gasteiger partial charge in [-0.1, -0.05) is 115 Å². The molecule has 3 heterocycles. The van der Waals surface area contributed by atoms with E-state index >= 15 is 0 Å². The second kappa shape index (κ2) is 10.0. The summed E-state index contributed by atoms with van der Waals surface area (Å²) in [5, 5.41) is 2.52. The molecular formula is C38H25N3O. The number of aromatic nitrogens is 3. The van der Waals surface area contributed by atoms with Crippen LogP contribution in [-0.4, -0.2) is 14.5 Å². The van der Waals surface area contributed by atoms with Crippen LogP contribution < -0.4 is 0 Å². The van der Waals surface area contributed by atoms with Crippen LogP contribution in [0.1, 0.15) is 0 Å². The van der Waals surface area contributed by atoms with E-state index in [9.17, 15) is 0 Å². The Kier molecular flexibility index (Phi) is 5.75. The lowest BCUT2D eigenvalue weighted by Gasteiger charge is -2.09. The monoisotopic (exact) mass is 539 g/mol. The lowest BCUT2D eigenvalue weighted by molar-refractivity contribution is 0.586. The molecule has 198 valence electrons. The van der Waals surface area contributed by atoms with Crippen LogP contribution >= 0.6 is 0 Å². The van der Waals surface area contributed by atoms with Crippen molar-refractivity contribution in [1.29, 1.82) is 0 Å². The van der Waals surface area contributed by atoms with Crippen molar-refractivity contribution < 1.29 is 4.42 Å². The molecule has 0 fully saturated rings. The molecule has 0 aliphatic heterocycles. The second-order valence-corrected chi connectivity index (χ2v) is 10.3. The lowest BCUT2D eigenvalue weighted by Crippen LogP contribution is -1.93. The van der Waals surface area contributed by atoms with Crippen LogP contribution in [0.3, 0.4) is 0 Å². The number of fused-ring (bicyclic) bond motifs is 3. The topological polar surface area (TPSA) is 43.9 Å². The zero-order valence-electron chi connectivity index (χ0n) is 22.7. The first-order valence-corrected chi connectivity index (χ1v) is 14.0. The van der Waals surface area contributed by atoms with Gasteiger partial charge in [-0.05, 0) is 35.9 Å². The summed E-state index contributed by atoms with van der Waals surface area (Å²) in [5.74, 6) is 1.24. The van der Waals surface area contributed by atoms with Crippen LogP contribution in [-0.2, 0) is 0 Å². The van der Waals surface area contributed by atoms with Crippen LogP contribution in [0.5, 0.6) is 0 Å². The number of hydrogen-bond donors (Lipinski definition) is 0. The molecule has 0 radical (unpaired) electrons. The highest BCUT2D eigenvalue weighted by Gasteiger charge is 2.19. The maximum atomic E-state index is 6.34. The van der Waals surface area contributed by atoms with Crippen LogP contribution in [0.2, 0.25) is 0 Å². The number of para-hydroxylation sites is 2. The minimum atomic E-state index is 0.501. The predicted octanol–water partition coefficient (Wildman–Crippen LogP) is 9.83. The quantitative estimate of drug-likeness (QED) is 0.219. The summed E-state index contributed by atoms with van der Waals surface area (Å²) in [6, 6.07) is 50.1. The number of rotatable bonds is 5. The van der Waals surface area contributed by atoms with Gasteiger partial charge in [-0.2, -0.15) is 0 Å². The highest BCUT2D eigenvalue weighted by atomic mass is 16.4. The molecule has 4 heteroatoms. The van der Waals surface area contributed by atoms with Gasteiger partial charge < -0.3 is 8.98 Å². The van der Waals surface area contributed by atoms with E-state index in [-0.39, 0.29) is 0 Å². The first-order chi connectivity index (χ1) is 20.8. The Labute approximate surface area is 243 Å². The predicted molar refractivity (Wildman–Crippen MR) is 170 cm³/mol. The molecule has 4 nitrogen and oxygen atoms in total. The number of hydrogen-bond acceptors (Lipinski definition) is 3. The molecule has 0 aliphatic rings. The lowest BCUT2D eigenvalue weighted by atomic mass is 10.1. The van der Waals surface area contributed by atoms with Crippen molar-refractivity contribution >= 4 is 21.8 Å². The molecule has 0 aliphatic carbocycles. The van der Waals surface area contributed by atoms with Gasteiger partial charge in [-0.15, -0.1) is 0 Å². The molecule has 0 atom stereocenters. The van der Waals surface area contributed by atoms with Gasteiger partial charge in [-0.3, -0.25) is 4.98 Å². The first-order valence-electron chi connectivity index (χ1n) is 14.0. The molecule has 0 amide bonds. The molecule has 0 saturated heterocycles. The smallest absolute Gasteiger partial charge is 0.246 e. The van der Waals surface area contributed by atoms with Crippen molar-refractivity contribution in [3.63, 3.8) is 0 Å². The second-order valence-electron chi connectivity index (χ2n) is 10.3. The minimum Gasteiger partial charge on any atom is -0.434 e. The van der Waals surface area contributed by atoms with E-state index in [4.69, 9.17) is 14.4 Å². The molecule has 0 N–H and O–H groups in total.